The van der Waals surface area contributed by atoms with Crippen LogP contribution in [0.1, 0.15) is 36.6 Å². The molecule has 46 heavy (non-hydrogen) atoms. The number of methoxy groups -OCH3 is 2. The highest BCUT2D eigenvalue weighted by atomic mass is 127. The number of nitrogens with zero attached hydrogens (tertiary/aromatic N) is 1. The normalized spacial score (nSPS) is 14.3. The van der Waals surface area contributed by atoms with Gasteiger partial charge in [0.05, 0.1) is 42.2 Å². The fourth-order valence-corrected chi connectivity index (χ4v) is 5.26. The minimum atomic E-state index is -0.789. The number of hydrogen-bond acceptors (Lipinski definition) is 9. The lowest BCUT2D eigenvalue weighted by atomic mass is 9.95. The minimum Gasteiger partial charge on any atom is -0.493 e. The van der Waals surface area contributed by atoms with Crippen molar-refractivity contribution in [3.63, 3.8) is 0 Å². The molecular formula is C32H32FIN4O8. The van der Waals surface area contributed by atoms with Crippen molar-refractivity contribution >= 4 is 46.7 Å². The summed E-state index contributed by atoms with van der Waals surface area (Å²) in [6, 6.07) is 13.4. The van der Waals surface area contributed by atoms with Crippen molar-refractivity contribution in [2.45, 2.75) is 26.5 Å². The lowest BCUT2D eigenvalue weighted by Gasteiger charge is -2.28. The lowest BCUT2D eigenvalue weighted by Crippen LogP contribution is -2.45. The van der Waals surface area contributed by atoms with Crippen LogP contribution >= 0.6 is 22.6 Å². The molecule has 3 N–H and O–H groups in total. The Hall–Kier alpha value is -4.86. The second kappa shape index (κ2) is 15.9. The highest BCUT2D eigenvalue weighted by Crippen LogP contribution is 2.35. The van der Waals surface area contributed by atoms with Gasteiger partial charge in [0.1, 0.15) is 12.4 Å². The van der Waals surface area contributed by atoms with Crippen molar-refractivity contribution in [1.29, 1.82) is 0 Å². The quantitative estimate of drug-likeness (QED) is 0.0985. The molecule has 14 heteroatoms. The predicted octanol–water partition coefficient (Wildman–Crippen LogP) is 4.75. The van der Waals surface area contributed by atoms with E-state index in [1.54, 1.807) is 62.4 Å². The SMILES string of the molecule is CCOC(=O)C1=C(C)NC(=O)N[C@H]1c1ccc(OCC(=O)N/N=C\c2cc(I)c(OCc3ccccc3F)c(OC)c2)c(OC)c1. The van der Waals surface area contributed by atoms with Gasteiger partial charge >= 0.3 is 12.0 Å². The summed E-state index contributed by atoms with van der Waals surface area (Å²) >= 11 is 2.08. The number of ether oxygens (including phenoxy) is 5. The zero-order chi connectivity index (χ0) is 33.2. The first-order valence-electron chi connectivity index (χ1n) is 14.0. The summed E-state index contributed by atoms with van der Waals surface area (Å²) in [5.41, 5.74) is 4.61. The van der Waals surface area contributed by atoms with Gasteiger partial charge in [-0.2, -0.15) is 5.10 Å². The zero-order valence-electron chi connectivity index (χ0n) is 25.4. The summed E-state index contributed by atoms with van der Waals surface area (Å²) in [6.45, 7) is 3.12. The van der Waals surface area contributed by atoms with Gasteiger partial charge in [-0.3, -0.25) is 4.79 Å². The average Bonchev–Trinajstić information content (AvgIpc) is 3.03. The summed E-state index contributed by atoms with van der Waals surface area (Å²) in [5, 5.41) is 9.31. The van der Waals surface area contributed by atoms with Crippen LogP contribution in [-0.2, 0) is 20.9 Å². The van der Waals surface area contributed by atoms with E-state index in [0.717, 1.165) is 0 Å². The van der Waals surface area contributed by atoms with Crippen LogP contribution < -0.4 is 35.0 Å². The first-order valence-corrected chi connectivity index (χ1v) is 15.0. The molecule has 0 saturated carbocycles. The van der Waals surface area contributed by atoms with Crippen LogP contribution in [0.4, 0.5) is 9.18 Å². The Bertz CT molecular complexity index is 1680. The van der Waals surface area contributed by atoms with E-state index in [1.165, 1.54) is 26.5 Å². The highest BCUT2D eigenvalue weighted by Gasteiger charge is 2.32. The van der Waals surface area contributed by atoms with E-state index in [1.807, 2.05) is 0 Å². The molecule has 1 atom stereocenters. The lowest BCUT2D eigenvalue weighted by molar-refractivity contribution is -0.139. The summed E-state index contributed by atoms with van der Waals surface area (Å²) in [4.78, 5) is 37.3. The number of carbonyl (C=O) groups excluding carboxylic acids is 3. The first kappa shape index (κ1) is 34.0. The molecule has 1 aliphatic rings. The Balaban J connectivity index is 1.38. The van der Waals surface area contributed by atoms with Crippen molar-refractivity contribution in [2.24, 2.45) is 5.10 Å². The Labute approximate surface area is 278 Å². The van der Waals surface area contributed by atoms with E-state index in [9.17, 15) is 18.8 Å². The maximum absolute atomic E-state index is 14.0. The molecule has 0 aromatic heterocycles. The van der Waals surface area contributed by atoms with E-state index >= 15 is 0 Å². The summed E-state index contributed by atoms with van der Waals surface area (Å²) in [7, 11) is 2.91. The maximum atomic E-state index is 14.0. The Kier molecular flexibility index (Phi) is 11.8. The van der Waals surface area contributed by atoms with Crippen molar-refractivity contribution in [3.8, 4) is 23.0 Å². The monoisotopic (exact) mass is 746 g/mol. The van der Waals surface area contributed by atoms with E-state index in [2.05, 4.69) is 43.8 Å². The predicted molar refractivity (Wildman–Crippen MR) is 174 cm³/mol. The number of benzene rings is 3. The third-order valence-electron chi connectivity index (χ3n) is 6.63. The van der Waals surface area contributed by atoms with Crippen LogP contribution in [0.5, 0.6) is 23.0 Å². The molecule has 0 bridgehead atoms. The standard InChI is InChI=1S/C32H32FIN4O8/c1-5-44-31(40)28-18(2)36-32(41)37-29(28)20-10-11-24(25(14-20)42-3)45-17-27(39)38-35-15-19-12-23(34)30(26(13-19)43-4)46-16-21-8-6-7-9-22(21)33/h6-15,29H,5,16-17H2,1-4H3,(H,38,39)(H2,36,37,41)/b35-15-/t29-/m0/s1. The number of nitrogens with one attached hydrogen (secondary N) is 3. The molecule has 0 saturated heterocycles. The number of allylic oxidation sites excluding steroid dienone is 1. The summed E-state index contributed by atoms with van der Waals surface area (Å²) in [6.07, 6.45) is 1.43. The molecule has 1 aliphatic heterocycles. The molecule has 0 aliphatic carbocycles. The molecule has 0 unspecified atom stereocenters. The Morgan fingerprint density at radius 3 is 2.52 bits per heavy atom. The molecule has 0 spiro atoms. The van der Waals surface area contributed by atoms with Crippen LogP contribution in [0.15, 0.2) is 71.0 Å². The fraction of sp³-hybridized carbons (Fsp3) is 0.250. The molecule has 0 fully saturated rings. The average molecular weight is 747 g/mol. The summed E-state index contributed by atoms with van der Waals surface area (Å²) in [5.74, 6) is -0.0602. The van der Waals surface area contributed by atoms with Gasteiger partial charge in [0, 0.05) is 11.3 Å². The van der Waals surface area contributed by atoms with Crippen molar-refractivity contribution in [2.75, 3.05) is 27.4 Å². The second-order valence-electron chi connectivity index (χ2n) is 9.70. The van der Waals surface area contributed by atoms with E-state index in [4.69, 9.17) is 23.7 Å². The zero-order valence-corrected chi connectivity index (χ0v) is 27.6. The van der Waals surface area contributed by atoms with Gasteiger partial charge in [0.25, 0.3) is 5.91 Å². The third-order valence-corrected chi connectivity index (χ3v) is 7.43. The van der Waals surface area contributed by atoms with Crippen LogP contribution in [-0.4, -0.2) is 51.6 Å². The van der Waals surface area contributed by atoms with Crippen molar-refractivity contribution in [1.82, 2.24) is 16.1 Å². The molecule has 242 valence electrons. The number of amides is 3. The topological polar surface area (TPSA) is 146 Å². The highest BCUT2D eigenvalue weighted by molar-refractivity contribution is 14.1. The van der Waals surface area contributed by atoms with Crippen LogP contribution in [0.2, 0.25) is 0 Å². The number of hydrazone groups is 1. The van der Waals surface area contributed by atoms with Gasteiger partial charge in [-0.05, 0) is 77.9 Å². The smallest absolute Gasteiger partial charge is 0.338 e. The Morgan fingerprint density at radius 1 is 1.04 bits per heavy atom. The maximum Gasteiger partial charge on any atom is 0.338 e. The first-order chi connectivity index (χ1) is 22.1. The number of hydrogen-bond donors (Lipinski definition) is 3. The van der Waals surface area contributed by atoms with Gasteiger partial charge in [-0.1, -0.05) is 24.3 Å². The van der Waals surface area contributed by atoms with Gasteiger partial charge < -0.3 is 34.3 Å². The molecule has 12 nitrogen and oxygen atoms in total. The molecule has 4 rings (SSSR count). The van der Waals surface area contributed by atoms with Gasteiger partial charge in [0.15, 0.2) is 29.6 Å². The molecule has 3 aromatic carbocycles. The van der Waals surface area contributed by atoms with E-state index in [0.29, 0.717) is 37.5 Å². The van der Waals surface area contributed by atoms with Crippen molar-refractivity contribution < 1.29 is 42.5 Å². The summed E-state index contributed by atoms with van der Waals surface area (Å²) < 4.78 is 42.3. The van der Waals surface area contributed by atoms with Crippen LogP contribution in [0, 0.1) is 9.39 Å². The van der Waals surface area contributed by atoms with E-state index in [-0.39, 0.29) is 42.7 Å². The van der Waals surface area contributed by atoms with Gasteiger partial charge in [-0.25, -0.2) is 19.4 Å². The number of esters is 1. The molecule has 3 amide bonds. The number of urea groups is 1. The molecule has 3 aromatic rings. The fourth-order valence-electron chi connectivity index (χ4n) is 4.48. The third kappa shape index (κ3) is 8.44. The van der Waals surface area contributed by atoms with Gasteiger partial charge in [0.2, 0.25) is 0 Å². The van der Waals surface area contributed by atoms with Gasteiger partial charge in [-0.15, -0.1) is 0 Å². The van der Waals surface area contributed by atoms with E-state index < -0.39 is 23.9 Å². The minimum absolute atomic E-state index is 0.0238. The van der Waals surface area contributed by atoms with Crippen molar-refractivity contribution in [3.05, 3.63) is 91.9 Å². The molecular weight excluding hydrogens is 714 g/mol. The Morgan fingerprint density at radius 2 is 1.80 bits per heavy atom. The number of rotatable bonds is 13. The molecule has 1 heterocycles. The van der Waals surface area contributed by atoms with Crippen LogP contribution in [0.3, 0.4) is 0 Å². The van der Waals surface area contributed by atoms with Crippen LogP contribution in [0.25, 0.3) is 0 Å². The number of halogens is 2. The number of carbonyl (C=O) groups is 3. The largest absolute Gasteiger partial charge is 0.493 e. The second-order valence-corrected chi connectivity index (χ2v) is 10.9. The molecule has 0 radical (unpaired) electrons.